The maximum atomic E-state index is 13.0. The Morgan fingerprint density at radius 1 is 1.09 bits per heavy atom. The highest BCUT2D eigenvalue weighted by Crippen LogP contribution is 2.40. The number of hydrogen-bond donors (Lipinski definition) is 1. The summed E-state index contributed by atoms with van der Waals surface area (Å²) in [4.78, 5) is 41.9. The van der Waals surface area contributed by atoms with Crippen LogP contribution in [0.25, 0.3) is 5.76 Å². The third-order valence-electron chi connectivity index (χ3n) is 5.45. The van der Waals surface area contributed by atoms with Crippen molar-refractivity contribution < 1.29 is 19.6 Å². The van der Waals surface area contributed by atoms with E-state index in [1.807, 2.05) is 4.57 Å². The summed E-state index contributed by atoms with van der Waals surface area (Å²) < 4.78 is 2.66. The Bertz CT molecular complexity index is 1220. The summed E-state index contributed by atoms with van der Waals surface area (Å²) in [6.45, 7) is 0.838. The van der Waals surface area contributed by atoms with Crippen LogP contribution in [0.2, 0.25) is 0 Å². The van der Waals surface area contributed by atoms with Crippen LogP contribution in [-0.4, -0.2) is 42.7 Å². The van der Waals surface area contributed by atoms with Gasteiger partial charge in [-0.15, -0.1) is 0 Å². The minimum absolute atomic E-state index is 0.0428. The molecule has 1 amide bonds. The van der Waals surface area contributed by atoms with Crippen LogP contribution in [0.4, 0.5) is 5.69 Å². The highest BCUT2D eigenvalue weighted by atomic mass is 79.9. The fourth-order valence-corrected chi connectivity index (χ4v) is 4.11. The number of nitro benzene ring substituents is 1. The van der Waals surface area contributed by atoms with Gasteiger partial charge >= 0.3 is 0 Å². The van der Waals surface area contributed by atoms with Crippen molar-refractivity contribution >= 4 is 39.1 Å². The quantitative estimate of drug-likeness (QED) is 0.168. The highest BCUT2D eigenvalue weighted by Gasteiger charge is 2.45. The normalized spacial score (nSPS) is 17.5. The third-order valence-corrected chi connectivity index (χ3v) is 5.98. The third kappa shape index (κ3) is 4.56. The molecular weight excluding hydrogens is 492 g/mol. The molecule has 1 aliphatic rings. The van der Waals surface area contributed by atoms with E-state index in [0.29, 0.717) is 24.1 Å². The number of nitrogens with zero attached hydrogens (tertiary/aromatic N) is 4. The predicted molar refractivity (Wildman–Crippen MR) is 123 cm³/mol. The standard InChI is InChI=1S/C23H19BrN4O5/c24-17-6-2-16(3-7-17)21(29)19-20(15-4-8-18(9-5-15)28(32)33)27(23(31)22(19)30)12-1-11-26-13-10-25-14-26/h2-10,13-14,20,29H,1,11-12H2/b21-19+. The van der Waals surface area contributed by atoms with Gasteiger partial charge < -0.3 is 14.6 Å². The van der Waals surface area contributed by atoms with Gasteiger partial charge in [0.05, 0.1) is 22.9 Å². The minimum atomic E-state index is -0.864. The second-order valence-corrected chi connectivity index (χ2v) is 8.42. The Morgan fingerprint density at radius 2 is 1.79 bits per heavy atom. The Labute approximate surface area is 197 Å². The summed E-state index contributed by atoms with van der Waals surface area (Å²) in [6, 6.07) is 11.5. The monoisotopic (exact) mass is 510 g/mol. The van der Waals surface area contributed by atoms with Crippen LogP contribution in [0, 0.1) is 10.1 Å². The topological polar surface area (TPSA) is 119 Å². The van der Waals surface area contributed by atoms with E-state index in [-0.39, 0.29) is 23.6 Å². The molecule has 0 saturated carbocycles. The zero-order chi connectivity index (χ0) is 23.5. The van der Waals surface area contributed by atoms with Crippen LogP contribution in [-0.2, 0) is 16.1 Å². The molecule has 2 aromatic carbocycles. The minimum Gasteiger partial charge on any atom is -0.507 e. The number of likely N-dealkylation sites (tertiary alicyclic amines) is 1. The second-order valence-electron chi connectivity index (χ2n) is 7.50. The average molecular weight is 511 g/mol. The zero-order valence-corrected chi connectivity index (χ0v) is 18.9. The first-order chi connectivity index (χ1) is 15.9. The van der Waals surface area contributed by atoms with Gasteiger partial charge in [0, 0.05) is 47.7 Å². The highest BCUT2D eigenvalue weighted by molar-refractivity contribution is 9.10. The molecule has 1 unspecified atom stereocenters. The molecule has 4 rings (SSSR count). The van der Waals surface area contributed by atoms with Crippen molar-refractivity contribution in [3.63, 3.8) is 0 Å². The molecule has 1 aliphatic heterocycles. The smallest absolute Gasteiger partial charge is 0.295 e. The molecule has 33 heavy (non-hydrogen) atoms. The molecule has 0 aliphatic carbocycles. The van der Waals surface area contributed by atoms with Crippen molar-refractivity contribution in [1.29, 1.82) is 0 Å². The number of aliphatic hydroxyl groups excluding tert-OH is 1. The number of rotatable bonds is 7. The summed E-state index contributed by atoms with van der Waals surface area (Å²) in [5.74, 6) is -1.80. The number of benzene rings is 2. The number of carbonyl (C=O) groups is 2. The number of nitro groups is 1. The summed E-state index contributed by atoms with van der Waals surface area (Å²) in [6.07, 6.45) is 5.66. The van der Waals surface area contributed by atoms with Gasteiger partial charge in [-0.2, -0.15) is 0 Å². The SMILES string of the molecule is O=C1C(=O)N(CCCn2ccnc2)C(c2ccc([N+](=O)[O-])cc2)/C1=C(\O)c1ccc(Br)cc1. The number of aliphatic hydroxyl groups is 1. The van der Waals surface area contributed by atoms with Crippen LogP contribution < -0.4 is 0 Å². The van der Waals surface area contributed by atoms with Gasteiger partial charge in [0.25, 0.3) is 17.4 Å². The van der Waals surface area contributed by atoms with Crippen molar-refractivity contribution in [1.82, 2.24) is 14.5 Å². The van der Waals surface area contributed by atoms with Gasteiger partial charge in [0.15, 0.2) is 0 Å². The van der Waals surface area contributed by atoms with E-state index in [1.165, 1.54) is 29.2 Å². The van der Waals surface area contributed by atoms with Gasteiger partial charge in [0.2, 0.25) is 0 Å². The van der Waals surface area contributed by atoms with Crippen molar-refractivity contribution in [2.24, 2.45) is 0 Å². The lowest BCUT2D eigenvalue weighted by Crippen LogP contribution is -2.31. The van der Waals surface area contributed by atoms with E-state index in [4.69, 9.17) is 0 Å². The molecule has 1 atom stereocenters. The molecular formula is C23H19BrN4O5. The molecule has 1 fully saturated rings. The van der Waals surface area contributed by atoms with Gasteiger partial charge in [-0.3, -0.25) is 19.7 Å². The number of carbonyl (C=O) groups excluding carboxylic acids is 2. The Balaban J connectivity index is 1.74. The summed E-state index contributed by atoms with van der Waals surface area (Å²) in [5.41, 5.74) is 0.741. The molecule has 0 radical (unpaired) electrons. The average Bonchev–Trinajstić information content (AvgIpc) is 3.41. The van der Waals surface area contributed by atoms with Gasteiger partial charge in [0.1, 0.15) is 5.76 Å². The van der Waals surface area contributed by atoms with E-state index in [1.54, 1.807) is 43.0 Å². The van der Waals surface area contributed by atoms with E-state index in [2.05, 4.69) is 20.9 Å². The fraction of sp³-hybridized carbons (Fsp3) is 0.174. The summed E-state index contributed by atoms with van der Waals surface area (Å²) >= 11 is 3.33. The summed E-state index contributed by atoms with van der Waals surface area (Å²) in [7, 11) is 0. The zero-order valence-electron chi connectivity index (χ0n) is 17.3. The lowest BCUT2D eigenvalue weighted by Gasteiger charge is -2.25. The molecule has 0 spiro atoms. The molecule has 9 nitrogen and oxygen atoms in total. The van der Waals surface area contributed by atoms with Gasteiger partial charge in [-0.05, 0) is 36.2 Å². The maximum Gasteiger partial charge on any atom is 0.295 e. The lowest BCUT2D eigenvalue weighted by molar-refractivity contribution is -0.384. The Hall–Kier alpha value is -3.79. The molecule has 168 valence electrons. The van der Waals surface area contributed by atoms with Crippen LogP contribution in [0.5, 0.6) is 0 Å². The predicted octanol–water partition coefficient (Wildman–Crippen LogP) is 4.07. The first-order valence-electron chi connectivity index (χ1n) is 10.1. The Kier molecular flexibility index (Phi) is 6.36. The number of amides is 1. The van der Waals surface area contributed by atoms with Crippen molar-refractivity contribution in [2.75, 3.05) is 6.54 Å². The lowest BCUT2D eigenvalue weighted by atomic mass is 9.95. The van der Waals surface area contributed by atoms with Crippen molar-refractivity contribution in [3.8, 4) is 0 Å². The number of aryl methyl sites for hydroxylation is 1. The molecule has 10 heteroatoms. The van der Waals surface area contributed by atoms with Crippen LogP contribution in [0.1, 0.15) is 23.6 Å². The van der Waals surface area contributed by atoms with E-state index < -0.39 is 22.7 Å². The number of non-ortho nitro benzene ring substituents is 1. The van der Waals surface area contributed by atoms with E-state index >= 15 is 0 Å². The number of halogens is 1. The molecule has 0 bridgehead atoms. The van der Waals surface area contributed by atoms with Crippen LogP contribution in [0.3, 0.4) is 0 Å². The van der Waals surface area contributed by atoms with Crippen molar-refractivity contribution in [2.45, 2.75) is 19.0 Å². The maximum absolute atomic E-state index is 13.0. The van der Waals surface area contributed by atoms with Gasteiger partial charge in [-0.1, -0.05) is 28.1 Å². The Morgan fingerprint density at radius 3 is 2.39 bits per heavy atom. The van der Waals surface area contributed by atoms with Gasteiger partial charge in [-0.25, -0.2) is 4.98 Å². The largest absolute Gasteiger partial charge is 0.507 e. The van der Waals surface area contributed by atoms with E-state index in [9.17, 15) is 24.8 Å². The van der Waals surface area contributed by atoms with Crippen LogP contribution in [0.15, 0.2) is 77.3 Å². The number of Topliss-reactive ketones (excluding diaryl/α,β-unsaturated/α-hetero) is 1. The fourth-order valence-electron chi connectivity index (χ4n) is 3.84. The van der Waals surface area contributed by atoms with Crippen LogP contribution >= 0.6 is 15.9 Å². The first kappa shape index (κ1) is 22.4. The second kappa shape index (κ2) is 9.37. The number of hydrogen-bond acceptors (Lipinski definition) is 6. The number of imidazole rings is 1. The molecule has 1 N–H and O–H groups in total. The number of ketones is 1. The first-order valence-corrected chi connectivity index (χ1v) is 10.9. The van der Waals surface area contributed by atoms with Crippen molar-refractivity contribution in [3.05, 3.63) is 98.5 Å². The molecule has 2 heterocycles. The summed E-state index contributed by atoms with van der Waals surface area (Å²) in [5, 5.41) is 22.1. The molecule has 1 saturated heterocycles. The van der Waals surface area contributed by atoms with E-state index in [0.717, 1.165) is 4.47 Å². The molecule has 3 aromatic rings. The molecule has 1 aromatic heterocycles. The number of aromatic nitrogens is 2.